The van der Waals surface area contributed by atoms with Crippen molar-refractivity contribution in [1.29, 1.82) is 0 Å². The van der Waals surface area contributed by atoms with Crippen LogP contribution in [0.4, 0.5) is 0 Å². The van der Waals surface area contributed by atoms with E-state index in [9.17, 15) is 9.59 Å². The molecule has 0 unspecified atom stereocenters. The first-order valence-electron chi connectivity index (χ1n) is 7.14. The van der Waals surface area contributed by atoms with Crippen LogP contribution in [0.5, 0.6) is 0 Å². The topological polar surface area (TPSA) is 84.7 Å². The molecule has 2 rings (SSSR count). The largest absolute Gasteiger partial charge is 0.480 e. The number of carboxylic acid groups (broad SMARTS) is 1. The maximum absolute atomic E-state index is 12.6. The van der Waals surface area contributed by atoms with Crippen LogP contribution in [0.25, 0.3) is 0 Å². The number of aromatic nitrogens is 2. The van der Waals surface area contributed by atoms with Gasteiger partial charge in [-0.2, -0.15) is 5.10 Å². The summed E-state index contributed by atoms with van der Waals surface area (Å²) in [4.78, 5) is 25.0. The van der Waals surface area contributed by atoms with Crippen LogP contribution < -0.4 is 0 Å². The number of nitrogens with zero attached hydrogens (tertiary/aromatic N) is 3. The predicted molar refractivity (Wildman–Crippen MR) is 74.5 cm³/mol. The summed E-state index contributed by atoms with van der Waals surface area (Å²) in [5, 5.41) is 13.1. The molecule has 2 atom stereocenters. The Morgan fingerprint density at radius 3 is 2.90 bits per heavy atom. The van der Waals surface area contributed by atoms with E-state index in [0.29, 0.717) is 19.6 Å². The zero-order chi connectivity index (χ0) is 15.4. The van der Waals surface area contributed by atoms with Crippen LogP contribution in [0.2, 0.25) is 0 Å². The fraction of sp³-hybridized carbons (Fsp3) is 0.643. The quantitative estimate of drug-likeness (QED) is 0.840. The molecule has 1 saturated heterocycles. The Bertz CT molecular complexity index is 514. The number of hydrogen-bond acceptors (Lipinski definition) is 4. The lowest BCUT2D eigenvalue weighted by Gasteiger charge is -2.26. The fourth-order valence-electron chi connectivity index (χ4n) is 2.73. The Labute approximate surface area is 123 Å². The molecule has 1 N–H and O–H groups in total. The summed E-state index contributed by atoms with van der Waals surface area (Å²) in [5.74, 6) is -1.48. The van der Waals surface area contributed by atoms with Gasteiger partial charge in [-0.15, -0.1) is 0 Å². The number of hydrogen-bond donors (Lipinski definition) is 1. The second-order valence-corrected chi connectivity index (χ2v) is 5.22. The molecule has 7 nitrogen and oxygen atoms in total. The van der Waals surface area contributed by atoms with Gasteiger partial charge in [0.15, 0.2) is 0 Å². The second kappa shape index (κ2) is 6.71. The van der Waals surface area contributed by atoms with Crippen LogP contribution >= 0.6 is 0 Å². The lowest BCUT2D eigenvalue weighted by atomic mass is 9.97. The number of carbonyl (C=O) groups excluding carboxylic acids is 1. The Kier molecular flexibility index (Phi) is 4.95. The molecular formula is C14H21N3O4. The highest BCUT2D eigenvalue weighted by Gasteiger charge is 2.39. The molecule has 1 aromatic heterocycles. The van der Waals surface area contributed by atoms with Gasteiger partial charge in [0.1, 0.15) is 12.6 Å². The van der Waals surface area contributed by atoms with Gasteiger partial charge in [-0.25, -0.2) is 0 Å². The Morgan fingerprint density at radius 2 is 2.33 bits per heavy atom. The molecule has 1 fully saturated rings. The number of rotatable bonds is 6. The summed E-state index contributed by atoms with van der Waals surface area (Å²) in [6, 6.07) is 1.83. The van der Waals surface area contributed by atoms with E-state index in [1.54, 1.807) is 17.9 Å². The molecule has 7 heteroatoms. The normalized spacial score (nSPS) is 21.4. The number of carboxylic acids is 1. The van der Waals surface area contributed by atoms with Crippen molar-refractivity contribution in [2.45, 2.75) is 25.9 Å². The van der Waals surface area contributed by atoms with Crippen LogP contribution in [0.3, 0.4) is 0 Å². The number of amides is 1. The van der Waals surface area contributed by atoms with Crippen molar-refractivity contribution >= 4 is 11.9 Å². The minimum Gasteiger partial charge on any atom is -0.480 e. The molecule has 1 aliphatic heterocycles. The molecule has 1 aromatic rings. The average molecular weight is 295 g/mol. The summed E-state index contributed by atoms with van der Waals surface area (Å²) < 4.78 is 7.38. The minimum atomic E-state index is -0.993. The fourth-order valence-corrected chi connectivity index (χ4v) is 2.73. The first kappa shape index (κ1) is 15.5. The van der Waals surface area contributed by atoms with Gasteiger partial charge in [0.05, 0.1) is 11.6 Å². The predicted octanol–water partition coefficient (Wildman–Crippen LogP) is 0.821. The van der Waals surface area contributed by atoms with Gasteiger partial charge < -0.3 is 14.7 Å². The van der Waals surface area contributed by atoms with Gasteiger partial charge in [0.25, 0.3) is 0 Å². The van der Waals surface area contributed by atoms with Gasteiger partial charge in [0.2, 0.25) is 5.91 Å². The van der Waals surface area contributed by atoms with E-state index in [0.717, 1.165) is 12.1 Å². The molecule has 21 heavy (non-hydrogen) atoms. The third-order valence-corrected chi connectivity index (χ3v) is 3.69. The van der Waals surface area contributed by atoms with Crippen molar-refractivity contribution in [3.05, 3.63) is 18.0 Å². The van der Waals surface area contributed by atoms with Crippen LogP contribution in [-0.4, -0.2) is 51.4 Å². The van der Waals surface area contributed by atoms with E-state index in [4.69, 9.17) is 9.84 Å². The lowest BCUT2D eigenvalue weighted by Crippen LogP contribution is -2.41. The maximum Gasteiger partial charge on any atom is 0.323 e. The van der Waals surface area contributed by atoms with Gasteiger partial charge in [0, 0.05) is 26.4 Å². The van der Waals surface area contributed by atoms with Crippen molar-refractivity contribution in [3.63, 3.8) is 0 Å². The van der Waals surface area contributed by atoms with Crippen LogP contribution in [0.15, 0.2) is 12.3 Å². The molecule has 0 aliphatic carbocycles. The Morgan fingerprint density at radius 1 is 1.57 bits per heavy atom. The van der Waals surface area contributed by atoms with E-state index in [1.165, 1.54) is 4.90 Å². The summed E-state index contributed by atoms with van der Waals surface area (Å²) in [6.45, 7) is 2.60. The Balaban J connectivity index is 2.16. The molecule has 0 spiro atoms. The summed E-state index contributed by atoms with van der Waals surface area (Å²) in [7, 11) is 1.81. The van der Waals surface area contributed by atoms with Crippen LogP contribution in [0.1, 0.15) is 31.6 Å². The molecular weight excluding hydrogens is 274 g/mol. The summed E-state index contributed by atoms with van der Waals surface area (Å²) in [5.41, 5.74) is 0.845. The highest BCUT2D eigenvalue weighted by atomic mass is 16.5. The van der Waals surface area contributed by atoms with Gasteiger partial charge in [-0.05, 0) is 18.9 Å². The highest BCUT2D eigenvalue weighted by molar-refractivity contribution is 5.83. The van der Waals surface area contributed by atoms with E-state index in [1.807, 2.05) is 13.0 Å². The average Bonchev–Trinajstić information content (AvgIpc) is 3.04. The monoisotopic (exact) mass is 295 g/mol. The molecule has 0 aromatic carbocycles. The van der Waals surface area contributed by atoms with E-state index in [-0.39, 0.29) is 24.5 Å². The van der Waals surface area contributed by atoms with E-state index >= 15 is 0 Å². The number of carbonyl (C=O) groups is 2. The zero-order valence-corrected chi connectivity index (χ0v) is 12.4. The molecule has 1 aliphatic rings. The van der Waals surface area contributed by atoms with Crippen LogP contribution in [0, 0.1) is 5.92 Å². The molecule has 0 radical (unpaired) electrons. The maximum atomic E-state index is 12.6. The first-order valence-corrected chi connectivity index (χ1v) is 7.14. The number of ether oxygens (including phenoxy) is 1. The van der Waals surface area contributed by atoms with Crippen molar-refractivity contribution in [2.75, 3.05) is 19.7 Å². The molecule has 1 amide bonds. The highest BCUT2D eigenvalue weighted by Crippen LogP contribution is 2.35. The smallest absolute Gasteiger partial charge is 0.323 e. The lowest BCUT2D eigenvalue weighted by molar-refractivity contribution is -0.147. The second-order valence-electron chi connectivity index (χ2n) is 5.22. The van der Waals surface area contributed by atoms with Crippen molar-refractivity contribution in [2.24, 2.45) is 13.0 Å². The number of aliphatic carboxylic acids is 1. The summed E-state index contributed by atoms with van der Waals surface area (Å²) in [6.07, 6.45) is 2.65. The SMILES string of the molecule is CCCN(CC(=O)O)C(=O)[C@@H]1CCO[C@H]1c1ccnn1C. The third-order valence-electron chi connectivity index (χ3n) is 3.69. The van der Waals surface area contributed by atoms with E-state index < -0.39 is 5.97 Å². The third kappa shape index (κ3) is 3.41. The molecule has 0 saturated carbocycles. The van der Waals surface area contributed by atoms with Gasteiger partial charge in [-0.3, -0.25) is 14.3 Å². The van der Waals surface area contributed by atoms with Crippen molar-refractivity contribution < 1.29 is 19.4 Å². The molecule has 116 valence electrons. The van der Waals surface area contributed by atoms with Crippen molar-refractivity contribution in [1.82, 2.24) is 14.7 Å². The molecule has 0 bridgehead atoms. The van der Waals surface area contributed by atoms with Crippen molar-refractivity contribution in [3.8, 4) is 0 Å². The minimum absolute atomic E-state index is 0.150. The molecule has 2 heterocycles. The number of aryl methyl sites for hydroxylation is 1. The van der Waals surface area contributed by atoms with Gasteiger partial charge >= 0.3 is 5.97 Å². The zero-order valence-electron chi connectivity index (χ0n) is 12.4. The summed E-state index contributed by atoms with van der Waals surface area (Å²) >= 11 is 0. The Hall–Kier alpha value is -1.89. The van der Waals surface area contributed by atoms with E-state index in [2.05, 4.69) is 5.10 Å². The van der Waals surface area contributed by atoms with Gasteiger partial charge in [-0.1, -0.05) is 6.92 Å². The first-order chi connectivity index (χ1) is 10.0. The standard InChI is InChI=1S/C14H21N3O4/c1-3-7-17(9-12(18)19)14(20)10-5-8-21-13(10)11-4-6-15-16(11)2/h4,6,10,13H,3,5,7-9H2,1-2H3,(H,18,19)/t10-,13-/m1/s1. The van der Waals surface area contributed by atoms with Crippen LogP contribution in [-0.2, 0) is 21.4 Å².